The van der Waals surface area contributed by atoms with E-state index in [1.54, 1.807) is 0 Å². The lowest BCUT2D eigenvalue weighted by Crippen LogP contribution is -2.18. The molecule has 0 spiro atoms. The molecule has 260 valence electrons. The Kier molecular flexibility index (Phi) is 9.04. The van der Waals surface area contributed by atoms with Crippen LogP contribution in [-0.2, 0) is 28.1 Å². The van der Waals surface area contributed by atoms with Crippen LogP contribution in [0, 0.1) is 0 Å². The minimum Gasteiger partial charge on any atom is -0.395 e. The smallest absolute Gasteiger partial charge is 0.395 e. The average molecular weight is 667 g/mol. The highest BCUT2D eigenvalue weighted by atomic mass is 16.7. The summed E-state index contributed by atoms with van der Waals surface area (Å²) in [6.07, 6.45) is 6.67. The second kappa shape index (κ2) is 12.7. The minimum absolute atomic E-state index is 0.161. The highest BCUT2D eigenvalue weighted by Crippen LogP contribution is 2.51. The third-order valence-electron chi connectivity index (χ3n) is 11.1. The summed E-state index contributed by atoms with van der Waals surface area (Å²) in [7, 11) is 0. The van der Waals surface area contributed by atoms with Crippen LogP contribution in [0.25, 0.3) is 23.3 Å². The van der Waals surface area contributed by atoms with E-state index in [1.165, 1.54) is 44.5 Å². The molecule has 0 amide bonds. The van der Waals surface area contributed by atoms with Gasteiger partial charge in [0.1, 0.15) is 11.5 Å². The van der Waals surface area contributed by atoms with E-state index in [2.05, 4.69) is 131 Å². The Balaban J connectivity index is 1.11. The van der Waals surface area contributed by atoms with Gasteiger partial charge in [-0.1, -0.05) is 129 Å². The van der Waals surface area contributed by atoms with Gasteiger partial charge in [0.25, 0.3) is 0 Å². The first-order chi connectivity index (χ1) is 23.4. The summed E-state index contributed by atoms with van der Waals surface area (Å²) in [6.45, 7) is 25.2. The van der Waals surface area contributed by atoms with E-state index in [0.29, 0.717) is 11.5 Å². The topological polar surface area (TPSA) is 35.5 Å². The van der Waals surface area contributed by atoms with Crippen LogP contribution < -0.4 is 9.47 Å². The molecular formula is C47H54O3. The molecule has 2 aliphatic rings. The first kappa shape index (κ1) is 35.5. The zero-order valence-corrected chi connectivity index (χ0v) is 32.0. The van der Waals surface area contributed by atoms with Crippen LogP contribution in [0.2, 0.25) is 0 Å². The van der Waals surface area contributed by atoms with Crippen molar-refractivity contribution in [1.29, 1.82) is 0 Å². The maximum Gasteiger partial charge on any atom is 0.519 e. The Bertz CT molecular complexity index is 2010. The van der Waals surface area contributed by atoms with Crippen molar-refractivity contribution >= 4 is 29.5 Å². The summed E-state index contributed by atoms with van der Waals surface area (Å²) in [5, 5.41) is 0. The molecule has 0 aromatic heterocycles. The van der Waals surface area contributed by atoms with Crippen LogP contribution in [0.5, 0.6) is 11.5 Å². The summed E-state index contributed by atoms with van der Waals surface area (Å²) < 4.78 is 11.3. The molecule has 0 bridgehead atoms. The van der Waals surface area contributed by atoms with Crippen molar-refractivity contribution < 1.29 is 14.3 Å². The van der Waals surface area contributed by atoms with Gasteiger partial charge in [-0.15, -0.1) is 0 Å². The lowest BCUT2D eigenvalue weighted by molar-refractivity contribution is 0.151. The molecule has 0 saturated carbocycles. The van der Waals surface area contributed by atoms with E-state index in [4.69, 9.17) is 9.47 Å². The van der Waals surface area contributed by atoms with Gasteiger partial charge < -0.3 is 9.47 Å². The van der Waals surface area contributed by atoms with Crippen LogP contribution in [0.4, 0.5) is 4.79 Å². The van der Waals surface area contributed by atoms with Crippen molar-refractivity contribution in [3.63, 3.8) is 0 Å². The van der Waals surface area contributed by atoms with E-state index < -0.39 is 6.16 Å². The molecule has 0 radical (unpaired) electrons. The molecule has 0 fully saturated rings. The average Bonchev–Trinajstić information content (AvgIpc) is 3.36. The summed E-state index contributed by atoms with van der Waals surface area (Å²) >= 11 is 0. The predicted molar refractivity (Wildman–Crippen MR) is 210 cm³/mol. The van der Waals surface area contributed by atoms with Crippen LogP contribution in [0.15, 0.2) is 78.9 Å². The van der Waals surface area contributed by atoms with Crippen LogP contribution in [-0.4, -0.2) is 6.16 Å². The monoisotopic (exact) mass is 666 g/mol. The third-order valence-corrected chi connectivity index (χ3v) is 11.1. The summed E-state index contributed by atoms with van der Waals surface area (Å²) in [5.74, 6) is 0.963. The Morgan fingerprint density at radius 1 is 0.580 bits per heavy atom. The number of hydrogen-bond acceptors (Lipinski definition) is 3. The SMILES string of the molecule is CCc1cc(/C=C(\C)c2ccc3c(c2)C(C)(C)CC3(C)C)ccc1OC(=O)Oc1ccc(/C=C(\C)c2ccc3c(c2)C(C)(C)CC3(C)C)cc1. The fraction of sp³-hybridized carbons (Fsp3) is 0.383. The molecule has 0 atom stereocenters. The van der Waals surface area contributed by atoms with E-state index >= 15 is 0 Å². The van der Waals surface area contributed by atoms with Gasteiger partial charge in [-0.2, -0.15) is 0 Å². The van der Waals surface area contributed by atoms with Gasteiger partial charge in [-0.25, -0.2) is 4.79 Å². The highest BCUT2D eigenvalue weighted by Gasteiger charge is 2.42. The molecule has 2 aliphatic carbocycles. The molecule has 0 aliphatic heterocycles. The van der Waals surface area contributed by atoms with Crippen molar-refractivity contribution in [3.8, 4) is 11.5 Å². The van der Waals surface area contributed by atoms with Gasteiger partial charge in [-0.05, 0) is 140 Å². The third kappa shape index (κ3) is 6.97. The molecule has 0 unspecified atom stereocenters. The largest absolute Gasteiger partial charge is 0.519 e. The number of fused-ring (bicyclic) bond motifs is 2. The number of allylic oxidation sites excluding steroid dienone is 2. The molecule has 4 aromatic carbocycles. The second-order valence-corrected chi connectivity index (χ2v) is 17.3. The van der Waals surface area contributed by atoms with Crippen molar-refractivity contribution in [3.05, 3.63) is 129 Å². The van der Waals surface area contributed by atoms with Crippen LogP contribution >= 0.6 is 0 Å². The molecule has 0 N–H and O–H groups in total. The number of hydrogen-bond donors (Lipinski definition) is 0. The fourth-order valence-corrected chi connectivity index (χ4v) is 9.04. The number of rotatable bonds is 7. The lowest BCUT2D eigenvalue weighted by Gasteiger charge is -2.22. The first-order valence-corrected chi connectivity index (χ1v) is 18.2. The van der Waals surface area contributed by atoms with Crippen LogP contribution in [0.1, 0.15) is 139 Å². The molecular weight excluding hydrogens is 613 g/mol. The number of carbonyl (C=O) groups is 1. The van der Waals surface area contributed by atoms with Crippen LogP contribution in [0.3, 0.4) is 0 Å². The molecule has 3 nitrogen and oxygen atoms in total. The maximum absolute atomic E-state index is 12.9. The fourth-order valence-electron chi connectivity index (χ4n) is 9.04. The Labute approximate surface area is 300 Å². The second-order valence-electron chi connectivity index (χ2n) is 17.3. The quantitative estimate of drug-likeness (QED) is 0.112. The Morgan fingerprint density at radius 2 is 1.04 bits per heavy atom. The zero-order valence-electron chi connectivity index (χ0n) is 32.0. The van der Waals surface area contributed by atoms with Crippen molar-refractivity contribution in [2.75, 3.05) is 0 Å². The van der Waals surface area contributed by atoms with Gasteiger partial charge >= 0.3 is 6.16 Å². The molecule has 3 heteroatoms. The van der Waals surface area contributed by atoms with Gasteiger partial charge in [0.05, 0.1) is 0 Å². The van der Waals surface area contributed by atoms with Gasteiger partial charge in [0.2, 0.25) is 0 Å². The van der Waals surface area contributed by atoms with Gasteiger partial charge in [-0.3, -0.25) is 0 Å². The highest BCUT2D eigenvalue weighted by molar-refractivity contribution is 5.82. The standard InChI is InChI=1S/C47H54O3/c1-12-34-25-33(24-31(3)36-17-21-39-41(27-36)47(10,11)29-45(39,6)7)15-22-42(34)50-43(48)49-37-18-13-32(14-19-37)23-30(2)35-16-20-38-40(26-35)46(8,9)28-44(38,4)5/h13-27H,12,28-29H2,1-11H3/b30-23+,31-24+. The van der Waals surface area contributed by atoms with E-state index in [1.807, 2.05) is 36.4 Å². The Hall–Kier alpha value is -4.37. The molecule has 50 heavy (non-hydrogen) atoms. The van der Waals surface area contributed by atoms with Crippen molar-refractivity contribution in [1.82, 2.24) is 0 Å². The van der Waals surface area contributed by atoms with Crippen molar-refractivity contribution in [2.24, 2.45) is 0 Å². The summed E-state index contributed by atoms with van der Waals surface area (Å²) in [6, 6.07) is 27.4. The number of ether oxygens (including phenoxy) is 2. The zero-order chi connectivity index (χ0) is 36.2. The molecule has 0 saturated heterocycles. The van der Waals surface area contributed by atoms with E-state index in [0.717, 1.165) is 36.0 Å². The Morgan fingerprint density at radius 3 is 1.54 bits per heavy atom. The number of carbonyl (C=O) groups excluding carboxylic acids is 1. The first-order valence-electron chi connectivity index (χ1n) is 18.2. The number of benzene rings is 4. The summed E-state index contributed by atoms with van der Waals surface area (Å²) in [5.41, 5.74) is 14.5. The lowest BCUT2D eigenvalue weighted by atomic mass is 9.82. The van der Waals surface area contributed by atoms with Gasteiger partial charge in [0.15, 0.2) is 0 Å². The minimum atomic E-state index is -0.744. The number of aryl methyl sites for hydroxylation is 1. The predicted octanol–water partition coefficient (Wildman–Crippen LogP) is 12.9. The summed E-state index contributed by atoms with van der Waals surface area (Å²) in [4.78, 5) is 12.9. The molecule has 0 heterocycles. The molecule has 6 rings (SSSR count). The van der Waals surface area contributed by atoms with E-state index in [-0.39, 0.29) is 21.7 Å². The molecule has 4 aromatic rings. The normalized spacial score (nSPS) is 18.4. The van der Waals surface area contributed by atoms with Crippen molar-refractivity contribution in [2.45, 2.75) is 117 Å². The maximum atomic E-state index is 12.9. The van der Waals surface area contributed by atoms with Gasteiger partial charge in [0, 0.05) is 0 Å². The van der Waals surface area contributed by atoms with E-state index in [9.17, 15) is 4.79 Å².